The Morgan fingerprint density at radius 3 is 2.95 bits per heavy atom. The van der Waals surface area contributed by atoms with Crippen molar-refractivity contribution in [3.8, 4) is 0 Å². The molecule has 1 aromatic rings. The molecule has 1 aliphatic rings. The van der Waals surface area contributed by atoms with Gasteiger partial charge in [-0.1, -0.05) is 23.7 Å². The lowest BCUT2D eigenvalue weighted by atomic mass is 9.96. The molecule has 0 spiro atoms. The summed E-state index contributed by atoms with van der Waals surface area (Å²) < 4.78 is 0. The fourth-order valence-corrected chi connectivity index (χ4v) is 3.05. The van der Waals surface area contributed by atoms with E-state index in [1.807, 2.05) is 12.1 Å². The van der Waals surface area contributed by atoms with Crippen molar-refractivity contribution in [2.45, 2.75) is 18.9 Å². The molecular formula is C16H23ClN2O2. The van der Waals surface area contributed by atoms with E-state index in [1.165, 1.54) is 0 Å². The molecule has 1 saturated heterocycles. The molecule has 0 aliphatic carbocycles. The van der Waals surface area contributed by atoms with Gasteiger partial charge in [0.2, 0.25) is 5.91 Å². The van der Waals surface area contributed by atoms with Crippen molar-refractivity contribution in [1.29, 1.82) is 0 Å². The van der Waals surface area contributed by atoms with E-state index >= 15 is 0 Å². The van der Waals surface area contributed by atoms with Crippen LogP contribution in [0, 0.1) is 5.92 Å². The average molecular weight is 311 g/mol. The van der Waals surface area contributed by atoms with Gasteiger partial charge in [0.05, 0.1) is 12.0 Å². The monoisotopic (exact) mass is 310 g/mol. The van der Waals surface area contributed by atoms with Crippen LogP contribution in [0.5, 0.6) is 0 Å². The first-order valence-electron chi connectivity index (χ1n) is 7.34. The standard InChI is InChI=1S/C16H23ClN2O2/c1-18(2)16(21)13-6-4-8-19(10-13)11-15(20)12-5-3-7-14(17)9-12/h3,5,7,9,13,15,20H,4,6,8,10-11H2,1-2H3. The van der Waals surface area contributed by atoms with Crippen LogP contribution in [0.15, 0.2) is 24.3 Å². The number of hydrogen-bond donors (Lipinski definition) is 1. The summed E-state index contributed by atoms with van der Waals surface area (Å²) in [5.41, 5.74) is 0.823. The topological polar surface area (TPSA) is 43.8 Å². The Labute approximate surface area is 131 Å². The smallest absolute Gasteiger partial charge is 0.226 e. The molecule has 0 radical (unpaired) electrons. The highest BCUT2D eigenvalue weighted by Crippen LogP contribution is 2.23. The van der Waals surface area contributed by atoms with Crippen LogP contribution < -0.4 is 0 Å². The van der Waals surface area contributed by atoms with Gasteiger partial charge in [0, 0.05) is 32.2 Å². The van der Waals surface area contributed by atoms with Gasteiger partial charge >= 0.3 is 0 Å². The zero-order chi connectivity index (χ0) is 15.4. The summed E-state index contributed by atoms with van der Waals surface area (Å²) in [5.74, 6) is 0.220. The molecule has 5 heteroatoms. The minimum absolute atomic E-state index is 0.0420. The molecule has 0 aromatic heterocycles. The summed E-state index contributed by atoms with van der Waals surface area (Å²) in [6.45, 7) is 2.18. The molecule has 116 valence electrons. The van der Waals surface area contributed by atoms with Gasteiger partial charge in [0.25, 0.3) is 0 Å². The van der Waals surface area contributed by atoms with Crippen molar-refractivity contribution in [1.82, 2.24) is 9.80 Å². The minimum Gasteiger partial charge on any atom is -0.387 e. The number of halogens is 1. The zero-order valence-electron chi connectivity index (χ0n) is 12.6. The van der Waals surface area contributed by atoms with Crippen molar-refractivity contribution < 1.29 is 9.90 Å². The summed E-state index contributed by atoms with van der Waals surface area (Å²) in [6, 6.07) is 7.31. The highest BCUT2D eigenvalue weighted by atomic mass is 35.5. The van der Waals surface area contributed by atoms with Crippen LogP contribution in [-0.2, 0) is 4.79 Å². The van der Waals surface area contributed by atoms with Crippen molar-refractivity contribution in [2.24, 2.45) is 5.92 Å². The van der Waals surface area contributed by atoms with Gasteiger partial charge < -0.3 is 10.0 Å². The van der Waals surface area contributed by atoms with Crippen LogP contribution in [0.4, 0.5) is 0 Å². The molecule has 0 saturated carbocycles. The fourth-order valence-electron chi connectivity index (χ4n) is 2.85. The Hall–Kier alpha value is -1.10. The highest BCUT2D eigenvalue weighted by Gasteiger charge is 2.27. The predicted molar refractivity (Wildman–Crippen MR) is 84.3 cm³/mol. The number of benzene rings is 1. The van der Waals surface area contributed by atoms with Gasteiger partial charge in [-0.15, -0.1) is 0 Å². The highest BCUT2D eigenvalue weighted by molar-refractivity contribution is 6.30. The van der Waals surface area contributed by atoms with E-state index in [0.29, 0.717) is 18.1 Å². The average Bonchev–Trinajstić information content (AvgIpc) is 2.46. The number of carbonyl (C=O) groups excluding carboxylic acids is 1. The fraction of sp³-hybridized carbons (Fsp3) is 0.562. The van der Waals surface area contributed by atoms with Gasteiger partial charge in [-0.2, -0.15) is 0 Å². The molecule has 4 nitrogen and oxygen atoms in total. The third-order valence-corrected chi connectivity index (χ3v) is 4.20. The third kappa shape index (κ3) is 4.43. The van der Waals surface area contributed by atoms with Gasteiger partial charge in [-0.3, -0.25) is 9.69 Å². The number of aliphatic hydroxyl groups excluding tert-OH is 1. The third-order valence-electron chi connectivity index (χ3n) is 3.96. The molecule has 1 heterocycles. The summed E-state index contributed by atoms with van der Waals surface area (Å²) in [4.78, 5) is 15.9. The maximum Gasteiger partial charge on any atom is 0.226 e. The van der Waals surface area contributed by atoms with E-state index < -0.39 is 6.10 Å². The van der Waals surface area contributed by atoms with Gasteiger partial charge in [0.15, 0.2) is 0 Å². The molecule has 1 amide bonds. The predicted octanol–water partition coefficient (Wildman–Crippen LogP) is 2.17. The number of amides is 1. The number of aliphatic hydroxyl groups is 1. The second-order valence-corrected chi connectivity index (χ2v) is 6.34. The molecular weight excluding hydrogens is 288 g/mol. The number of hydrogen-bond acceptors (Lipinski definition) is 3. The number of carbonyl (C=O) groups is 1. The maximum absolute atomic E-state index is 12.1. The molecule has 1 N–H and O–H groups in total. The van der Waals surface area contributed by atoms with Crippen molar-refractivity contribution >= 4 is 17.5 Å². The quantitative estimate of drug-likeness (QED) is 0.927. The number of piperidine rings is 1. The molecule has 1 fully saturated rings. The molecule has 1 aliphatic heterocycles. The second kappa shape index (κ2) is 7.25. The summed E-state index contributed by atoms with van der Waals surface area (Å²) >= 11 is 5.96. The molecule has 2 unspecified atom stereocenters. The molecule has 0 bridgehead atoms. The van der Waals surface area contributed by atoms with Crippen molar-refractivity contribution in [3.63, 3.8) is 0 Å². The van der Waals surface area contributed by atoms with Crippen LogP contribution in [-0.4, -0.2) is 54.5 Å². The summed E-state index contributed by atoms with van der Waals surface area (Å²) in [5, 5.41) is 11.0. The van der Waals surface area contributed by atoms with Crippen LogP contribution in [0.2, 0.25) is 5.02 Å². The van der Waals surface area contributed by atoms with Crippen LogP contribution in [0.1, 0.15) is 24.5 Å². The summed E-state index contributed by atoms with van der Waals surface area (Å²) in [7, 11) is 3.59. The molecule has 21 heavy (non-hydrogen) atoms. The van der Waals surface area contributed by atoms with E-state index in [0.717, 1.165) is 24.9 Å². The normalized spacial score (nSPS) is 21.0. The van der Waals surface area contributed by atoms with Gasteiger partial charge in [-0.05, 0) is 37.1 Å². The molecule has 1 aromatic carbocycles. The number of β-amino-alcohol motifs (C(OH)–C–C–N with tert-alkyl or cyclic N) is 1. The second-order valence-electron chi connectivity index (χ2n) is 5.90. The van der Waals surface area contributed by atoms with E-state index in [4.69, 9.17) is 11.6 Å². The Kier molecular flexibility index (Phi) is 5.62. The van der Waals surface area contributed by atoms with E-state index in [9.17, 15) is 9.90 Å². The number of likely N-dealkylation sites (tertiary alicyclic amines) is 1. The lowest BCUT2D eigenvalue weighted by Crippen LogP contribution is -2.43. The maximum atomic E-state index is 12.1. The largest absolute Gasteiger partial charge is 0.387 e. The van der Waals surface area contributed by atoms with Gasteiger partial charge in [0.1, 0.15) is 0 Å². The lowest BCUT2D eigenvalue weighted by molar-refractivity contribution is -0.134. The van der Waals surface area contributed by atoms with Gasteiger partial charge in [-0.25, -0.2) is 0 Å². The Bertz CT molecular complexity index is 493. The van der Waals surface area contributed by atoms with E-state index in [-0.39, 0.29) is 11.8 Å². The lowest BCUT2D eigenvalue weighted by Gasteiger charge is -2.34. The van der Waals surface area contributed by atoms with Crippen LogP contribution >= 0.6 is 11.6 Å². The Morgan fingerprint density at radius 2 is 2.29 bits per heavy atom. The van der Waals surface area contributed by atoms with E-state index in [1.54, 1.807) is 31.1 Å². The first kappa shape index (κ1) is 16.3. The van der Waals surface area contributed by atoms with E-state index in [2.05, 4.69) is 4.90 Å². The first-order valence-corrected chi connectivity index (χ1v) is 7.72. The molecule has 2 atom stereocenters. The minimum atomic E-state index is -0.572. The number of nitrogens with zero attached hydrogens (tertiary/aromatic N) is 2. The summed E-state index contributed by atoms with van der Waals surface area (Å²) in [6.07, 6.45) is 1.35. The zero-order valence-corrected chi connectivity index (χ0v) is 13.4. The Morgan fingerprint density at radius 1 is 1.52 bits per heavy atom. The van der Waals surface area contributed by atoms with Crippen LogP contribution in [0.25, 0.3) is 0 Å². The molecule has 2 rings (SSSR count). The number of rotatable bonds is 4. The SMILES string of the molecule is CN(C)C(=O)C1CCCN(CC(O)c2cccc(Cl)c2)C1. The van der Waals surface area contributed by atoms with Crippen molar-refractivity contribution in [3.05, 3.63) is 34.9 Å². The first-order chi connectivity index (χ1) is 9.97. The van der Waals surface area contributed by atoms with Crippen LogP contribution in [0.3, 0.4) is 0 Å². The van der Waals surface area contributed by atoms with Crippen molar-refractivity contribution in [2.75, 3.05) is 33.7 Å². The Balaban J connectivity index is 1.94.